The molecule has 1 fully saturated rings. The van der Waals surface area contributed by atoms with Gasteiger partial charge in [0.1, 0.15) is 5.82 Å². The molecule has 1 N–H and O–H groups in total. The zero-order chi connectivity index (χ0) is 18.5. The number of anilines is 1. The van der Waals surface area contributed by atoms with Gasteiger partial charge in [0.25, 0.3) is 5.91 Å². The van der Waals surface area contributed by atoms with Crippen LogP contribution >= 0.6 is 23.4 Å². The second-order valence-corrected chi connectivity index (χ2v) is 8.39. The van der Waals surface area contributed by atoms with E-state index in [1.54, 1.807) is 0 Å². The second kappa shape index (κ2) is 8.92. The van der Waals surface area contributed by atoms with Crippen molar-refractivity contribution >= 4 is 35.0 Å². The number of carbonyl (C=O) groups is 1. The summed E-state index contributed by atoms with van der Waals surface area (Å²) in [5.41, 5.74) is 2.38. The molecule has 138 valence electrons. The first-order chi connectivity index (χ1) is 12.6. The molecule has 1 aliphatic carbocycles. The van der Waals surface area contributed by atoms with E-state index in [2.05, 4.69) is 12.2 Å². The fraction of sp³-hybridized carbons (Fsp3) is 0.381. The van der Waals surface area contributed by atoms with Crippen LogP contribution in [0.15, 0.2) is 41.3 Å². The van der Waals surface area contributed by atoms with Gasteiger partial charge in [-0.05, 0) is 55.2 Å². The maximum Gasteiger partial charge on any atom is 0.255 e. The molecule has 1 saturated carbocycles. The number of halogens is 2. The van der Waals surface area contributed by atoms with Gasteiger partial charge in [-0.2, -0.15) is 0 Å². The SMILES string of the molecule is CCc1ccc(C(=O)Nc2ccc(F)c(Cl)c2)cc1SC1CCCCC1. The van der Waals surface area contributed by atoms with Crippen molar-refractivity contribution in [2.75, 3.05) is 5.32 Å². The quantitative estimate of drug-likeness (QED) is 0.612. The van der Waals surface area contributed by atoms with Crippen LogP contribution in [0.3, 0.4) is 0 Å². The van der Waals surface area contributed by atoms with Gasteiger partial charge < -0.3 is 5.32 Å². The van der Waals surface area contributed by atoms with Crippen LogP contribution in [0.1, 0.15) is 54.9 Å². The summed E-state index contributed by atoms with van der Waals surface area (Å²) in [7, 11) is 0. The van der Waals surface area contributed by atoms with Crippen molar-refractivity contribution in [1.82, 2.24) is 0 Å². The molecule has 2 aromatic carbocycles. The highest BCUT2D eigenvalue weighted by atomic mass is 35.5. The van der Waals surface area contributed by atoms with Crippen molar-refractivity contribution in [2.24, 2.45) is 0 Å². The lowest BCUT2D eigenvalue weighted by atomic mass is 10.0. The summed E-state index contributed by atoms with van der Waals surface area (Å²) >= 11 is 7.69. The lowest BCUT2D eigenvalue weighted by Gasteiger charge is -2.22. The van der Waals surface area contributed by atoms with Gasteiger partial charge in [-0.1, -0.05) is 43.9 Å². The minimum atomic E-state index is -0.497. The largest absolute Gasteiger partial charge is 0.322 e. The fourth-order valence-electron chi connectivity index (χ4n) is 3.24. The van der Waals surface area contributed by atoms with Gasteiger partial charge in [-0.15, -0.1) is 11.8 Å². The first-order valence-corrected chi connectivity index (χ1v) is 10.4. The monoisotopic (exact) mass is 391 g/mol. The van der Waals surface area contributed by atoms with E-state index in [9.17, 15) is 9.18 Å². The van der Waals surface area contributed by atoms with Crippen LogP contribution in [0, 0.1) is 5.82 Å². The van der Waals surface area contributed by atoms with Gasteiger partial charge in [-0.3, -0.25) is 4.79 Å². The molecule has 26 heavy (non-hydrogen) atoms. The molecule has 0 radical (unpaired) electrons. The van der Waals surface area contributed by atoms with E-state index >= 15 is 0 Å². The second-order valence-electron chi connectivity index (χ2n) is 6.64. The highest BCUT2D eigenvalue weighted by molar-refractivity contribution is 8.00. The molecule has 2 nitrogen and oxygen atoms in total. The fourth-order valence-corrected chi connectivity index (χ4v) is 4.90. The maximum absolute atomic E-state index is 13.3. The van der Waals surface area contributed by atoms with E-state index in [1.807, 2.05) is 30.0 Å². The van der Waals surface area contributed by atoms with E-state index in [-0.39, 0.29) is 10.9 Å². The highest BCUT2D eigenvalue weighted by Crippen LogP contribution is 2.36. The van der Waals surface area contributed by atoms with Crippen molar-refractivity contribution in [1.29, 1.82) is 0 Å². The van der Waals surface area contributed by atoms with E-state index in [1.165, 1.54) is 60.8 Å². The molecule has 0 atom stereocenters. The summed E-state index contributed by atoms with van der Waals surface area (Å²) < 4.78 is 13.3. The first-order valence-electron chi connectivity index (χ1n) is 9.13. The number of nitrogens with one attached hydrogen (secondary N) is 1. The third-order valence-electron chi connectivity index (χ3n) is 4.73. The highest BCUT2D eigenvalue weighted by Gasteiger charge is 2.17. The summed E-state index contributed by atoms with van der Waals surface area (Å²) in [6.07, 6.45) is 7.37. The molecule has 0 spiro atoms. The van der Waals surface area contributed by atoms with E-state index in [4.69, 9.17) is 11.6 Å². The summed E-state index contributed by atoms with van der Waals surface area (Å²) in [5, 5.41) is 3.44. The molecular formula is C21H23ClFNOS. The molecule has 2 aromatic rings. The average Bonchev–Trinajstić information content (AvgIpc) is 2.65. The molecule has 0 heterocycles. The minimum Gasteiger partial charge on any atom is -0.322 e. The molecule has 0 saturated heterocycles. The number of benzene rings is 2. The Morgan fingerprint density at radius 3 is 2.65 bits per heavy atom. The summed E-state index contributed by atoms with van der Waals surface area (Å²) in [6.45, 7) is 2.14. The van der Waals surface area contributed by atoms with Crippen LogP contribution in [-0.4, -0.2) is 11.2 Å². The molecular weight excluding hydrogens is 369 g/mol. The van der Waals surface area contributed by atoms with Crippen LogP contribution in [0.25, 0.3) is 0 Å². The zero-order valence-corrected chi connectivity index (χ0v) is 16.4. The smallest absolute Gasteiger partial charge is 0.255 e. The van der Waals surface area contributed by atoms with Crippen LogP contribution < -0.4 is 5.32 Å². The van der Waals surface area contributed by atoms with Crippen LogP contribution in [-0.2, 0) is 6.42 Å². The summed E-state index contributed by atoms with van der Waals surface area (Å²) in [4.78, 5) is 13.8. The van der Waals surface area contributed by atoms with Gasteiger partial charge in [0.15, 0.2) is 0 Å². The molecule has 0 aliphatic heterocycles. The average molecular weight is 392 g/mol. The van der Waals surface area contributed by atoms with Crippen molar-refractivity contribution < 1.29 is 9.18 Å². The van der Waals surface area contributed by atoms with E-state index in [0.717, 1.165) is 6.42 Å². The Labute approximate surface area is 163 Å². The summed E-state index contributed by atoms with van der Waals surface area (Å²) in [5.74, 6) is -0.705. The molecule has 0 unspecified atom stereocenters. The molecule has 3 rings (SSSR count). The number of thioether (sulfide) groups is 1. The third-order valence-corrected chi connectivity index (χ3v) is 6.46. The van der Waals surface area contributed by atoms with Crippen molar-refractivity contribution in [2.45, 2.75) is 55.6 Å². The van der Waals surface area contributed by atoms with Gasteiger partial charge in [-0.25, -0.2) is 4.39 Å². The molecule has 0 bridgehead atoms. The lowest BCUT2D eigenvalue weighted by Crippen LogP contribution is -2.13. The van der Waals surface area contributed by atoms with Crippen LogP contribution in [0.2, 0.25) is 5.02 Å². The number of amides is 1. The standard InChI is InChI=1S/C21H23ClFNOS/c1-2-14-8-9-15(12-20(14)26-17-6-4-3-5-7-17)21(25)24-16-10-11-19(23)18(22)13-16/h8-13,17H,2-7H2,1H3,(H,24,25). The van der Waals surface area contributed by atoms with Crippen molar-refractivity contribution in [3.63, 3.8) is 0 Å². The van der Waals surface area contributed by atoms with Gasteiger partial charge in [0.05, 0.1) is 5.02 Å². The number of rotatable bonds is 5. The Kier molecular flexibility index (Phi) is 6.60. The molecule has 1 amide bonds. The molecule has 1 aliphatic rings. The Bertz CT molecular complexity index is 790. The zero-order valence-electron chi connectivity index (χ0n) is 14.9. The molecule has 0 aromatic heterocycles. The number of aryl methyl sites for hydroxylation is 1. The normalized spacial score (nSPS) is 15.0. The van der Waals surface area contributed by atoms with Crippen LogP contribution in [0.5, 0.6) is 0 Å². The predicted octanol–water partition coefficient (Wildman–Crippen LogP) is 6.72. The number of hydrogen-bond acceptors (Lipinski definition) is 2. The predicted molar refractivity (Wildman–Crippen MR) is 108 cm³/mol. The summed E-state index contributed by atoms with van der Waals surface area (Å²) in [6, 6.07) is 10.1. The van der Waals surface area contributed by atoms with Crippen molar-refractivity contribution in [3.05, 3.63) is 58.4 Å². The minimum absolute atomic E-state index is 0.00215. The Morgan fingerprint density at radius 1 is 1.19 bits per heavy atom. The number of hydrogen-bond donors (Lipinski definition) is 1. The van der Waals surface area contributed by atoms with Crippen molar-refractivity contribution in [3.8, 4) is 0 Å². The third kappa shape index (κ3) is 4.80. The Morgan fingerprint density at radius 2 is 1.96 bits per heavy atom. The van der Waals surface area contributed by atoms with Gasteiger partial charge in [0.2, 0.25) is 0 Å². The van der Waals surface area contributed by atoms with Gasteiger partial charge in [0, 0.05) is 21.4 Å². The van der Waals surface area contributed by atoms with E-state index in [0.29, 0.717) is 16.5 Å². The van der Waals surface area contributed by atoms with E-state index < -0.39 is 5.82 Å². The Balaban J connectivity index is 1.76. The maximum atomic E-state index is 13.3. The van der Waals surface area contributed by atoms with Crippen LogP contribution in [0.4, 0.5) is 10.1 Å². The first kappa shape index (κ1) is 19.2. The van der Waals surface area contributed by atoms with Gasteiger partial charge >= 0.3 is 0 Å². The number of carbonyl (C=O) groups excluding carboxylic acids is 1. The molecule has 5 heteroatoms. The lowest BCUT2D eigenvalue weighted by molar-refractivity contribution is 0.102. The Hall–Kier alpha value is -1.52. The topological polar surface area (TPSA) is 29.1 Å².